The third-order valence-corrected chi connectivity index (χ3v) is 6.60. The fraction of sp³-hybridized carbons (Fsp3) is 0.500. The van der Waals surface area contributed by atoms with Crippen molar-refractivity contribution in [3.63, 3.8) is 0 Å². The molecule has 130 valence electrons. The molecule has 24 heavy (non-hydrogen) atoms. The molecule has 2 heterocycles. The molecule has 0 bridgehead atoms. The van der Waals surface area contributed by atoms with Gasteiger partial charge in [0.25, 0.3) is 5.91 Å². The Morgan fingerprint density at radius 2 is 2.08 bits per heavy atom. The minimum absolute atomic E-state index is 0.128. The molecule has 2 saturated heterocycles. The Bertz CT molecular complexity index is 723. The molecular weight excluding hydrogens is 350 g/mol. The molecule has 0 radical (unpaired) electrons. The van der Waals surface area contributed by atoms with Crippen LogP contribution in [0, 0.1) is 0 Å². The second kappa shape index (κ2) is 6.37. The number of rotatable bonds is 2. The zero-order chi connectivity index (χ0) is 17.5. The molecule has 0 spiro atoms. The molecule has 8 heteroatoms. The van der Waals surface area contributed by atoms with Crippen LogP contribution in [0.4, 0.5) is 10.5 Å². The van der Waals surface area contributed by atoms with Crippen LogP contribution in [0.3, 0.4) is 0 Å². The molecule has 0 aromatic heterocycles. The summed E-state index contributed by atoms with van der Waals surface area (Å²) in [6.07, 6.45) is 0. The third-order valence-electron chi connectivity index (χ3n) is 4.36. The SMILES string of the molecule is CC1(C)CN(C(=O)c2ccc(Cl)c(N3CCNC3=O)c2)CC[S@]1=O. The topological polar surface area (TPSA) is 69.7 Å². The number of carbonyl (C=O) groups excluding carboxylic acids is 2. The average Bonchev–Trinajstić information content (AvgIpc) is 2.96. The maximum Gasteiger partial charge on any atom is 0.322 e. The number of hydrogen-bond donors (Lipinski definition) is 1. The Morgan fingerprint density at radius 1 is 1.33 bits per heavy atom. The smallest absolute Gasteiger partial charge is 0.322 e. The van der Waals surface area contributed by atoms with Gasteiger partial charge >= 0.3 is 6.03 Å². The van der Waals surface area contributed by atoms with Crippen molar-refractivity contribution in [2.75, 3.05) is 36.8 Å². The molecule has 0 saturated carbocycles. The van der Waals surface area contributed by atoms with Crippen LogP contribution in [0.1, 0.15) is 24.2 Å². The summed E-state index contributed by atoms with van der Waals surface area (Å²) in [4.78, 5) is 27.9. The first-order valence-corrected chi connectivity index (χ1v) is 9.52. The van der Waals surface area contributed by atoms with Crippen molar-refractivity contribution in [1.29, 1.82) is 0 Å². The van der Waals surface area contributed by atoms with Crippen molar-refractivity contribution in [2.45, 2.75) is 18.6 Å². The number of amides is 3. The quantitative estimate of drug-likeness (QED) is 0.865. The lowest BCUT2D eigenvalue weighted by molar-refractivity contribution is 0.0746. The van der Waals surface area contributed by atoms with E-state index in [0.29, 0.717) is 48.2 Å². The molecule has 1 aromatic carbocycles. The average molecular weight is 370 g/mol. The second-order valence-electron chi connectivity index (χ2n) is 6.59. The first kappa shape index (κ1) is 17.2. The molecule has 2 aliphatic heterocycles. The van der Waals surface area contributed by atoms with Crippen molar-refractivity contribution in [1.82, 2.24) is 10.2 Å². The van der Waals surface area contributed by atoms with Gasteiger partial charge in [-0.25, -0.2) is 4.79 Å². The maximum atomic E-state index is 12.8. The van der Waals surface area contributed by atoms with E-state index in [1.54, 1.807) is 23.1 Å². The van der Waals surface area contributed by atoms with Gasteiger partial charge in [0.05, 0.1) is 15.5 Å². The minimum atomic E-state index is -0.935. The lowest BCUT2D eigenvalue weighted by Crippen LogP contribution is -2.52. The Morgan fingerprint density at radius 3 is 2.71 bits per heavy atom. The van der Waals surface area contributed by atoms with Gasteiger partial charge in [0.2, 0.25) is 0 Å². The van der Waals surface area contributed by atoms with Crippen molar-refractivity contribution in [3.05, 3.63) is 28.8 Å². The first-order chi connectivity index (χ1) is 11.3. The summed E-state index contributed by atoms with van der Waals surface area (Å²) >= 11 is 6.21. The van der Waals surface area contributed by atoms with Gasteiger partial charge in [-0.2, -0.15) is 0 Å². The molecular formula is C16H20ClN3O3S. The van der Waals surface area contributed by atoms with Crippen LogP contribution in [0.15, 0.2) is 18.2 Å². The summed E-state index contributed by atoms with van der Waals surface area (Å²) in [6.45, 7) is 5.80. The summed E-state index contributed by atoms with van der Waals surface area (Å²) in [6, 6.07) is 4.76. The molecule has 0 unspecified atom stereocenters. The zero-order valence-corrected chi connectivity index (χ0v) is 15.2. The summed E-state index contributed by atoms with van der Waals surface area (Å²) in [5.74, 6) is 0.352. The van der Waals surface area contributed by atoms with Crippen LogP contribution in [0.2, 0.25) is 5.02 Å². The van der Waals surface area contributed by atoms with Gasteiger partial charge in [-0.15, -0.1) is 0 Å². The molecule has 6 nitrogen and oxygen atoms in total. The van der Waals surface area contributed by atoms with E-state index in [2.05, 4.69) is 5.32 Å². The van der Waals surface area contributed by atoms with E-state index in [1.165, 1.54) is 4.90 Å². The Kier molecular flexibility index (Phi) is 4.57. The van der Waals surface area contributed by atoms with Gasteiger partial charge in [-0.1, -0.05) is 11.6 Å². The number of halogens is 1. The summed E-state index contributed by atoms with van der Waals surface area (Å²) < 4.78 is 11.6. The Hall–Kier alpha value is -1.60. The van der Waals surface area contributed by atoms with E-state index in [0.717, 1.165) is 0 Å². The van der Waals surface area contributed by atoms with E-state index in [-0.39, 0.29) is 11.9 Å². The number of nitrogens with zero attached hydrogens (tertiary/aromatic N) is 2. The number of hydrogen-bond acceptors (Lipinski definition) is 3. The Balaban J connectivity index is 1.86. The summed E-state index contributed by atoms with van der Waals surface area (Å²) in [7, 11) is -0.935. The number of benzene rings is 1. The van der Waals surface area contributed by atoms with E-state index in [9.17, 15) is 13.8 Å². The summed E-state index contributed by atoms with van der Waals surface area (Å²) in [5, 5.41) is 3.16. The number of carbonyl (C=O) groups is 2. The second-order valence-corrected chi connectivity index (χ2v) is 9.20. The lowest BCUT2D eigenvalue weighted by Gasteiger charge is -2.37. The molecule has 3 amide bonds. The molecule has 0 aliphatic carbocycles. The molecule has 1 atom stereocenters. The highest BCUT2D eigenvalue weighted by molar-refractivity contribution is 7.86. The van der Waals surface area contributed by atoms with Crippen molar-refractivity contribution < 1.29 is 13.8 Å². The van der Waals surface area contributed by atoms with Crippen LogP contribution in [-0.4, -0.2) is 57.7 Å². The van der Waals surface area contributed by atoms with E-state index in [1.807, 2.05) is 13.8 Å². The molecule has 2 fully saturated rings. The fourth-order valence-corrected chi connectivity index (χ4v) is 4.45. The standard InChI is InChI=1S/C16H20ClN3O3S/c1-16(2)10-19(7-8-24(16)23)14(21)11-3-4-12(17)13(9-11)20-6-5-18-15(20)22/h3-4,9H,5-8,10H2,1-2H3,(H,18,22)/t24-/m1/s1. The zero-order valence-electron chi connectivity index (χ0n) is 13.7. The van der Waals surface area contributed by atoms with Crippen LogP contribution >= 0.6 is 11.6 Å². The highest BCUT2D eigenvalue weighted by atomic mass is 35.5. The van der Waals surface area contributed by atoms with Crippen molar-refractivity contribution >= 4 is 40.0 Å². The van der Waals surface area contributed by atoms with E-state index >= 15 is 0 Å². The highest BCUT2D eigenvalue weighted by Gasteiger charge is 2.35. The third kappa shape index (κ3) is 3.15. The molecule has 2 aliphatic rings. The van der Waals surface area contributed by atoms with Crippen LogP contribution in [-0.2, 0) is 10.8 Å². The normalized spacial score (nSPS) is 23.3. The molecule has 1 aromatic rings. The predicted octanol–water partition coefficient (Wildman–Crippen LogP) is 1.85. The largest absolute Gasteiger partial charge is 0.336 e. The maximum absolute atomic E-state index is 12.8. The van der Waals surface area contributed by atoms with Crippen molar-refractivity contribution in [2.24, 2.45) is 0 Å². The van der Waals surface area contributed by atoms with Gasteiger partial charge < -0.3 is 10.2 Å². The van der Waals surface area contributed by atoms with Gasteiger partial charge in [-0.05, 0) is 32.0 Å². The Labute approximate surface area is 148 Å². The van der Waals surface area contributed by atoms with Crippen LogP contribution in [0.5, 0.6) is 0 Å². The highest BCUT2D eigenvalue weighted by Crippen LogP contribution is 2.29. The van der Waals surface area contributed by atoms with Gasteiger partial charge in [0.1, 0.15) is 0 Å². The van der Waals surface area contributed by atoms with Gasteiger partial charge in [0.15, 0.2) is 0 Å². The van der Waals surface area contributed by atoms with Crippen LogP contribution in [0.25, 0.3) is 0 Å². The first-order valence-electron chi connectivity index (χ1n) is 7.82. The fourth-order valence-electron chi connectivity index (χ4n) is 2.99. The van der Waals surface area contributed by atoms with Crippen LogP contribution < -0.4 is 10.2 Å². The summed E-state index contributed by atoms with van der Waals surface area (Å²) in [5.41, 5.74) is 1.02. The molecule has 1 N–H and O–H groups in total. The minimum Gasteiger partial charge on any atom is -0.336 e. The number of urea groups is 1. The van der Waals surface area contributed by atoms with Gasteiger partial charge in [-0.3, -0.25) is 13.9 Å². The van der Waals surface area contributed by atoms with Crippen molar-refractivity contribution in [3.8, 4) is 0 Å². The monoisotopic (exact) mass is 369 g/mol. The lowest BCUT2D eigenvalue weighted by atomic mass is 10.1. The van der Waals surface area contributed by atoms with E-state index in [4.69, 9.17) is 11.6 Å². The van der Waals surface area contributed by atoms with E-state index < -0.39 is 15.5 Å². The number of nitrogens with one attached hydrogen (secondary N) is 1. The predicted molar refractivity (Wildman–Crippen MR) is 95.2 cm³/mol. The number of anilines is 1. The van der Waals surface area contributed by atoms with Gasteiger partial charge in [0, 0.05) is 48.3 Å². The molecule has 3 rings (SSSR count).